The normalized spacial score (nSPS) is 18.2. The van der Waals surface area contributed by atoms with Gasteiger partial charge in [0, 0.05) is 35.9 Å². The average molecular weight is 346 g/mol. The van der Waals surface area contributed by atoms with E-state index < -0.39 is 0 Å². The number of aryl methyl sites for hydroxylation is 1. The van der Waals surface area contributed by atoms with Gasteiger partial charge in [0.25, 0.3) is 0 Å². The zero-order chi connectivity index (χ0) is 17.9. The Morgan fingerprint density at radius 1 is 1.15 bits per heavy atom. The van der Waals surface area contributed by atoms with Crippen LogP contribution in [-0.4, -0.2) is 20.9 Å². The van der Waals surface area contributed by atoms with Gasteiger partial charge in [0.2, 0.25) is 5.91 Å². The van der Waals surface area contributed by atoms with Crippen molar-refractivity contribution in [1.82, 2.24) is 15.0 Å². The van der Waals surface area contributed by atoms with Gasteiger partial charge in [-0.2, -0.15) is 0 Å². The van der Waals surface area contributed by atoms with E-state index in [2.05, 4.69) is 20.3 Å². The lowest BCUT2D eigenvalue weighted by Gasteiger charge is -2.07. The second kappa shape index (κ2) is 6.92. The van der Waals surface area contributed by atoms with Crippen LogP contribution in [0.25, 0.3) is 0 Å². The maximum absolute atomic E-state index is 12.4. The van der Waals surface area contributed by atoms with Crippen LogP contribution in [0.5, 0.6) is 11.8 Å². The van der Waals surface area contributed by atoms with Gasteiger partial charge >= 0.3 is 6.01 Å². The maximum atomic E-state index is 12.4. The van der Waals surface area contributed by atoms with Gasteiger partial charge in [-0.1, -0.05) is 6.07 Å². The number of pyridine rings is 1. The van der Waals surface area contributed by atoms with E-state index in [1.54, 1.807) is 24.5 Å². The Kier molecular flexibility index (Phi) is 4.31. The molecule has 6 nitrogen and oxygen atoms in total. The van der Waals surface area contributed by atoms with Crippen molar-refractivity contribution in [2.24, 2.45) is 5.92 Å². The van der Waals surface area contributed by atoms with Crippen LogP contribution < -0.4 is 10.1 Å². The number of ether oxygens (including phenoxy) is 1. The third-order valence-corrected chi connectivity index (χ3v) is 4.34. The molecule has 26 heavy (non-hydrogen) atoms. The molecule has 6 heteroatoms. The SMILES string of the molecule is Cc1ccnc(Oc2ccc(NC(=O)[C@@H]3C[C@H]3c3cccnc3)cc2)n1. The molecule has 3 aromatic rings. The Morgan fingerprint density at radius 3 is 2.73 bits per heavy atom. The maximum Gasteiger partial charge on any atom is 0.322 e. The Hall–Kier alpha value is -3.28. The van der Waals surface area contributed by atoms with E-state index in [4.69, 9.17) is 4.74 Å². The van der Waals surface area contributed by atoms with Crippen molar-refractivity contribution in [3.8, 4) is 11.8 Å². The number of rotatable bonds is 5. The minimum Gasteiger partial charge on any atom is -0.424 e. The highest BCUT2D eigenvalue weighted by atomic mass is 16.5. The van der Waals surface area contributed by atoms with Crippen LogP contribution in [-0.2, 0) is 4.79 Å². The first-order chi connectivity index (χ1) is 12.7. The summed E-state index contributed by atoms with van der Waals surface area (Å²) in [5.74, 6) is 0.934. The van der Waals surface area contributed by atoms with Crippen molar-refractivity contribution in [3.63, 3.8) is 0 Å². The molecule has 2 aromatic heterocycles. The van der Waals surface area contributed by atoms with Crippen LogP contribution in [0.15, 0.2) is 61.1 Å². The highest BCUT2D eigenvalue weighted by Crippen LogP contribution is 2.47. The minimum atomic E-state index is 0.0100. The van der Waals surface area contributed by atoms with Gasteiger partial charge in [-0.25, -0.2) is 9.97 Å². The number of carbonyl (C=O) groups excluding carboxylic acids is 1. The van der Waals surface area contributed by atoms with Crippen LogP contribution in [0.3, 0.4) is 0 Å². The van der Waals surface area contributed by atoms with E-state index in [1.165, 1.54) is 0 Å². The molecule has 1 aromatic carbocycles. The van der Waals surface area contributed by atoms with Crippen molar-refractivity contribution in [1.29, 1.82) is 0 Å². The Bertz CT molecular complexity index is 913. The minimum absolute atomic E-state index is 0.0100. The van der Waals surface area contributed by atoms with E-state index in [0.717, 1.165) is 23.4 Å². The molecule has 1 amide bonds. The largest absolute Gasteiger partial charge is 0.424 e. The number of amides is 1. The number of hydrogen-bond donors (Lipinski definition) is 1. The van der Waals surface area contributed by atoms with Crippen molar-refractivity contribution in [3.05, 3.63) is 72.3 Å². The topological polar surface area (TPSA) is 77.0 Å². The Labute approximate surface area is 151 Å². The van der Waals surface area contributed by atoms with Crippen LogP contribution in [0, 0.1) is 12.8 Å². The highest BCUT2D eigenvalue weighted by Gasteiger charge is 2.44. The van der Waals surface area contributed by atoms with Crippen LogP contribution >= 0.6 is 0 Å². The smallest absolute Gasteiger partial charge is 0.322 e. The fraction of sp³-hybridized carbons (Fsp3) is 0.200. The molecule has 2 atom stereocenters. The molecule has 0 unspecified atom stereocenters. The summed E-state index contributed by atoms with van der Waals surface area (Å²) >= 11 is 0. The van der Waals surface area contributed by atoms with Gasteiger partial charge < -0.3 is 10.1 Å². The predicted octanol–water partition coefficient (Wildman–Crippen LogP) is 3.71. The van der Waals surface area contributed by atoms with Crippen molar-refractivity contribution in [2.75, 3.05) is 5.32 Å². The standard InChI is InChI=1S/C20H18N4O2/c1-13-8-10-22-20(23-13)26-16-6-4-15(5-7-16)24-19(25)18-11-17(18)14-3-2-9-21-12-14/h2-10,12,17-18H,11H2,1H3,(H,24,25)/t17-,18+/m0/s1. The molecule has 0 saturated heterocycles. The van der Waals surface area contributed by atoms with E-state index in [9.17, 15) is 4.79 Å². The zero-order valence-corrected chi connectivity index (χ0v) is 14.3. The van der Waals surface area contributed by atoms with Crippen molar-refractivity contribution in [2.45, 2.75) is 19.3 Å². The summed E-state index contributed by atoms with van der Waals surface area (Å²) < 4.78 is 5.61. The molecule has 1 aliphatic rings. The number of nitrogens with one attached hydrogen (secondary N) is 1. The summed E-state index contributed by atoms with van der Waals surface area (Å²) in [5.41, 5.74) is 2.70. The fourth-order valence-corrected chi connectivity index (χ4v) is 2.87. The van der Waals surface area contributed by atoms with Gasteiger partial charge in [-0.3, -0.25) is 9.78 Å². The first-order valence-electron chi connectivity index (χ1n) is 8.47. The van der Waals surface area contributed by atoms with E-state index >= 15 is 0 Å². The number of hydrogen-bond acceptors (Lipinski definition) is 5. The number of nitrogens with zero attached hydrogens (tertiary/aromatic N) is 3. The first-order valence-corrected chi connectivity index (χ1v) is 8.47. The van der Waals surface area contributed by atoms with E-state index in [0.29, 0.717) is 11.8 Å². The lowest BCUT2D eigenvalue weighted by Crippen LogP contribution is -2.14. The lowest BCUT2D eigenvalue weighted by atomic mass is 10.1. The molecule has 2 heterocycles. The molecule has 1 fully saturated rings. The summed E-state index contributed by atoms with van der Waals surface area (Å²) in [4.78, 5) is 24.8. The second-order valence-corrected chi connectivity index (χ2v) is 6.33. The van der Waals surface area contributed by atoms with Crippen LogP contribution in [0.1, 0.15) is 23.6 Å². The Balaban J connectivity index is 1.35. The highest BCUT2D eigenvalue weighted by molar-refractivity contribution is 5.95. The molecular weight excluding hydrogens is 328 g/mol. The summed E-state index contributed by atoms with van der Waals surface area (Å²) in [5, 5.41) is 2.96. The second-order valence-electron chi connectivity index (χ2n) is 6.33. The number of aromatic nitrogens is 3. The van der Waals surface area contributed by atoms with Gasteiger partial charge in [0.1, 0.15) is 5.75 Å². The van der Waals surface area contributed by atoms with Gasteiger partial charge in [-0.15, -0.1) is 0 Å². The van der Waals surface area contributed by atoms with Crippen molar-refractivity contribution >= 4 is 11.6 Å². The summed E-state index contributed by atoms with van der Waals surface area (Å²) in [6.45, 7) is 1.88. The van der Waals surface area contributed by atoms with Crippen molar-refractivity contribution < 1.29 is 9.53 Å². The Morgan fingerprint density at radius 2 is 2.00 bits per heavy atom. The predicted molar refractivity (Wildman–Crippen MR) is 97.0 cm³/mol. The monoisotopic (exact) mass is 346 g/mol. The third-order valence-electron chi connectivity index (χ3n) is 4.34. The molecule has 0 radical (unpaired) electrons. The molecule has 4 rings (SSSR count). The van der Waals surface area contributed by atoms with Crippen LogP contribution in [0.2, 0.25) is 0 Å². The molecule has 0 bridgehead atoms. The van der Waals surface area contributed by atoms with Gasteiger partial charge in [-0.05, 0) is 61.2 Å². The summed E-state index contributed by atoms with van der Waals surface area (Å²) in [6, 6.07) is 13.2. The molecular formula is C20H18N4O2. The zero-order valence-electron chi connectivity index (χ0n) is 14.3. The lowest BCUT2D eigenvalue weighted by molar-refractivity contribution is -0.117. The number of carbonyl (C=O) groups is 1. The molecule has 0 spiro atoms. The molecule has 1 aliphatic carbocycles. The molecule has 1 N–H and O–H groups in total. The first kappa shape index (κ1) is 16.2. The number of benzene rings is 1. The molecule has 1 saturated carbocycles. The summed E-state index contributed by atoms with van der Waals surface area (Å²) in [6.07, 6.45) is 6.09. The fourth-order valence-electron chi connectivity index (χ4n) is 2.87. The quantitative estimate of drug-likeness (QED) is 0.762. The number of anilines is 1. The third kappa shape index (κ3) is 3.69. The van der Waals surface area contributed by atoms with Gasteiger partial charge in [0.15, 0.2) is 0 Å². The van der Waals surface area contributed by atoms with Gasteiger partial charge in [0.05, 0.1) is 0 Å². The summed E-state index contributed by atoms with van der Waals surface area (Å²) in [7, 11) is 0. The van der Waals surface area contributed by atoms with E-state index in [1.807, 2.05) is 43.5 Å². The van der Waals surface area contributed by atoms with E-state index in [-0.39, 0.29) is 17.7 Å². The molecule has 130 valence electrons. The average Bonchev–Trinajstić information content (AvgIpc) is 3.45. The van der Waals surface area contributed by atoms with Crippen LogP contribution in [0.4, 0.5) is 5.69 Å². The molecule has 0 aliphatic heterocycles.